The Morgan fingerprint density at radius 2 is 2.09 bits per heavy atom. The number of hydrogen-bond acceptors (Lipinski definition) is 3. The predicted molar refractivity (Wildman–Crippen MR) is 87.3 cm³/mol. The van der Waals surface area contributed by atoms with Gasteiger partial charge in [-0.2, -0.15) is 5.26 Å². The lowest BCUT2D eigenvalue weighted by Gasteiger charge is -2.02. The fourth-order valence-corrected chi connectivity index (χ4v) is 2.48. The third kappa shape index (κ3) is 3.89. The zero-order chi connectivity index (χ0) is 16.2. The molecule has 0 aliphatic heterocycles. The summed E-state index contributed by atoms with van der Waals surface area (Å²) in [6.07, 6.45) is 4.34. The van der Waals surface area contributed by atoms with Gasteiger partial charge in [0.15, 0.2) is 0 Å². The lowest BCUT2D eigenvalue weighted by molar-refractivity contribution is -0.116. The fraction of sp³-hybridized carbons (Fsp3) is 0.263. The highest BCUT2D eigenvalue weighted by molar-refractivity contribution is 5.91. The van der Waals surface area contributed by atoms with Gasteiger partial charge in [0.05, 0.1) is 11.6 Å². The van der Waals surface area contributed by atoms with Crippen LogP contribution in [0.5, 0.6) is 0 Å². The third-order valence-electron chi connectivity index (χ3n) is 4.07. The summed E-state index contributed by atoms with van der Waals surface area (Å²) < 4.78 is 5.72. The van der Waals surface area contributed by atoms with Crippen LogP contribution in [0.25, 0.3) is 6.08 Å². The minimum atomic E-state index is -0.174. The number of hydrogen-bond donors (Lipinski definition) is 1. The number of benzene rings is 1. The van der Waals surface area contributed by atoms with Crippen LogP contribution in [-0.2, 0) is 11.3 Å². The Morgan fingerprint density at radius 1 is 1.35 bits per heavy atom. The normalized spacial score (nSPS) is 19.5. The monoisotopic (exact) mass is 306 g/mol. The Bertz CT molecular complexity index is 765. The first-order valence-corrected chi connectivity index (χ1v) is 7.70. The van der Waals surface area contributed by atoms with Gasteiger partial charge in [-0.1, -0.05) is 19.1 Å². The van der Waals surface area contributed by atoms with E-state index in [-0.39, 0.29) is 5.91 Å². The molecule has 1 aliphatic carbocycles. The molecular weight excluding hydrogens is 288 g/mol. The summed E-state index contributed by atoms with van der Waals surface area (Å²) in [5, 5.41) is 11.5. The van der Waals surface area contributed by atoms with Crippen molar-refractivity contribution in [3.8, 4) is 6.07 Å². The number of rotatable bonds is 5. The molecule has 3 rings (SSSR count). The van der Waals surface area contributed by atoms with E-state index >= 15 is 0 Å². The number of furan rings is 1. The van der Waals surface area contributed by atoms with Crippen LogP contribution in [-0.4, -0.2) is 5.91 Å². The van der Waals surface area contributed by atoms with Crippen molar-refractivity contribution in [3.05, 3.63) is 65.1 Å². The molecule has 1 saturated carbocycles. The van der Waals surface area contributed by atoms with Gasteiger partial charge >= 0.3 is 0 Å². The van der Waals surface area contributed by atoms with E-state index < -0.39 is 0 Å². The molecule has 1 aromatic heterocycles. The number of nitrogens with zero attached hydrogens (tertiary/aromatic N) is 1. The van der Waals surface area contributed by atoms with Crippen LogP contribution in [0, 0.1) is 17.2 Å². The summed E-state index contributed by atoms with van der Waals surface area (Å²) in [5.74, 6) is 2.78. The van der Waals surface area contributed by atoms with Gasteiger partial charge in [-0.25, -0.2) is 0 Å². The first-order chi connectivity index (χ1) is 11.2. The first kappa shape index (κ1) is 15.1. The largest absolute Gasteiger partial charge is 0.461 e. The van der Waals surface area contributed by atoms with Gasteiger partial charge in [0.2, 0.25) is 5.91 Å². The Kier molecular flexibility index (Phi) is 4.29. The molecule has 0 radical (unpaired) electrons. The van der Waals surface area contributed by atoms with Crippen molar-refractivity contribution in [3.63, 3.8) is 0 Å². The molecule has 1 fully saturated rings. The van der Waals surface area contributed by atoms with E-state index in [0.717, 1.165) is 11.3 Å². The molecule has 4 nitrogen and oxygen atoms in total. The van der Waals surface area contributed by atoms with E-state index in [1.165, 1.54) is 12.5 Å². The fourth-order valence-electron chi connectivity index (χ4n) is 2.48. The van der Waals surface area contributed by atoms with E-state index in [9.17, 15) is 4.79 Å². The molecule has 2 atom stereocenters. The van der Waals surface area contributed by atoms with Crippen molar-refractivity contribution in [2.45, 2.75) is 25.8 Å². The minimum absolute atomic E-state index is 0.174. The van der Waals surface area contributed by atoms with Crippen LogP contribution >= 0.6 is 0 Å². The molecule has 2 aromatic rings. The highest BCUT2D eigenvalue weighted by atomic mass is 16.3. The van der Waals surface area contributed by atoms with Crippen LogP contribution in [0.3, 0.4) is 0 Å². The third-order valence-corrected chi connectivity index (χ3v) is 4.07. The van der Waals surface area contributed by atoms with Crippen molar-refractivity contribution in [1.29, 1.82) is 5.26 Å². The molecule has 0 spiro atoms. The molecule has 1 aromatic carbocycles. The maximum Gasteiger partial charge on any atom is 0.244 e. The second kappa shape index (κ2) is 6.53. The van der Waals surface area contributed by atoms with Crippen molar-refractivity contribution in [2.75, 3.05) is 0 Å². The summed E-state index contributed by atoms with van der Waals surface area (Å²) >= 11 is 0. The van der Waals surface area contributed by atoms with Crippen LogP contribution < -0.4 is 5.32 Å². The van der Waals surface area contributed by atoms with Crippen molar-refractivity contribution >= 4 is 12.0 Å². The molecule has 4 heteroatoms. The molecule has 1 heterocycles. The van der Waals surface area contributed by atoms with Crippen LogP contribution in [0.1, 0.15) is 41.9 Å². The van der Waals surface area contributed by atoms with E-state index in [4.69, 9.17) is 9.68 Å². The SMILES string of the molecule is CC1CC1c1ccc(/C=C/C(=O)NCc2ccc(C#N)cc2)o1. The van der Waals surface area contributed by atoms with E-state index in [1.54, 1.807) is 18.2 Å². The van der Waals surface area contributed by atoms with E-state index in [1.807, 2.05) is 24.3 Å². The molecule has 1 N–H and O–H groups in total. The van der Waals surface area contributed by atoms with Crippen LogP contribution in [0.4, 0.5) is 0 Å². The highest BCUT2D eigenvalue weighted by Gasteiger charge is 2.36. The number of nitriles is 1. The van der Waals surface area contributed by atoms with Crippen LogP contribution in [0.2, 0.25) is 0 Å². The molecule has 23 heavy (non-hydrogen) atoms. The average Bonchev–Trinajstić information content (AvgIpc) is 3.12. The Morgan fingerprint density at radius 3 is 2.74 bits per heavy atom. The number of amides is 1. The number of nitrogens with one attached hydrogen (secondary N) is 1. The molecule has 0 saturated heterocycles. The average molecular weight is 306 g/mol. The van der Waals surface area contributed by atoms with E-state index in [2.05, 4.69) is 18.3 Å². The van der Waals surface area contributed by atoms with Gasteiger partial charge in [-0.05, 0) is 48.2 Å². The van der Waals surface area contributed by atoms with Crippen molar-refractivity contribution in [2.24, 2.45) is 5.92 Å². The summed E-state index contributed by atoms with van der Waals surface area (Å²) in [6, 6.07) is 13.1. The second-order valence-electron chi connectivity index (χ2n) is 5.92. The molecule has 1 aliphatic rings. The van der Waals surface area contributed by atoms with Gasteiger partial charge in [0.25, 0.3) is 0 Å². The van der Waals surface area contributed by atoms with E-state index in [0.29, 0.717) is 29.7 Å². The lowest BCUT2D eigenvalue weighted by atomic mass is 10.1. The van der Waals surface area contributed by atoms with Crippen molar-refractivity contribution in [1.82, 2.24) is 5.32 Å². The van der Waals surface area contributed by atoms with Gasteiger partial charge in [0.1, 0.15) is 11.5 Å². The summed E-state index contributed by atoms with van der Waals surface area (Å²) in [5.41, 5.74) is 1.56. The minimum Gasteiger partial charge on any atom is -0.461 e. The smallest absolute Gasteiger partial charge is 0.244 e. The quantitative estimate of drug-likeness (QED) is 0.858. The second-order valence-corrected chi connectivity index (χ2v) is 5.92. The molecule has 1 amide bonds. The molecular formula is C19H18N2O2. The molecule has 2 unspecified atom stereocenters. The topological polar surface area (TPSA) is 66.0 Å². The highest BCUT2D eigenvalue weighted by Crippen LogP contribution is 2.47. The Labute approximate surface area is 135 Å². The number of carbonyl (C=O) groups is 1. The standard InChI is InChI=1S/C19H18N2O2/c1-13-10-17(13)18-8-6-16(23-18)7-9-19(22)21-12-15-4-2-14(11-20)3-5-15/h2-9,13,17H,10,12H2,1H3,(H,21,22)/b9-7+. The van der Waals surface area contributed by atoms with Gasteiger partial charge < -0.3 is 9.73 Å². The zero-order valence-electron chi connectivity index (χ0n) is 13.0. The Hall–Kier alpha value is -2.80. The predicted octanol–water partition coefficient (Wildman–Crippen LogP) is 3.60. The maximum absolute atomic E-state index is 11.8. The van der Waals surface area contributed by atoms with Gasteiger partial charge in [-0.3, -0.25) is 4.79 Å². The number of carbonyl (C=O) groups excluding carboxylic acids is 1. The Balaban J connectivity index is 1.50. The summed E-state index contributed by atoms with van der Waals surface area (Å²) in [4.78, 5) is 11.8. The molecule has 0 bridgehead atoms. The molecule has 116 valence electrons. The summed E-state index contributed by atoms with van der Waals surface area (Å²) in [6.45, 7) is 2.64. The van der Waals surface area contributed by atoms with Gasteiger partial charge in [-0.15, -0.1) is 0 Å². The first-order valence-electron chi connectivity index (χ1n) is 7.70. The summed E-state index contributed by atoms with van der Waals surface area (Å²) in [7, 11) is 0. The van der Waals surface area contributed by atoms with Crippen molar-refractivity contribution < 1.29 is 9.21 Å². The van der Waals surface area contributed by atoms with Crippen LogP contribution in [0.15, 0.2) is 46.9 Å². The lowest BCUT2D eigenvalue weighted by Crippen LogP contribution is -2.20. The maximum atomic E-state index is 11.8. The zero-order valence-corrected chi connectivity index (χ0v) is 13.0. The van der Waals surface area contributed by atoms with Gasteiger partial charge in [0, 0.05) is 18.5 Å².